The third kappa shape index (κ3) is 2.00. The number of imide groups is 1. The maximum Gasteiger partial charge on any atom is 0.238 e. The minimum atomic E-state index is -0.469. The van der Waals surface area contributed by atoms with E-state index in [0.29, 0.717) is 5.69 Å². The van der Waals surface area contributed by atoms with Gasteiger partial charge in [0.05, 0.1) is 17.5 Å². The zero-order chi connectivity index (χ0) is 20.6. The molecule has 7 rings (SSSR count). The van der Waals surface area contributed by atoms with Crippen LogP contribution in [0.1, 0.15) is 41.5 Å². The van der Waals surface area contributed by atoms with E-state index in [1.807, 2.05) is 36.4 Å². The van der Waals surface area contributed by atoms with E-state index in [2.05, 4.69) is 59.3 Å². The Balaban J connectivity index is 1.63. The lowest BCUT2D eigenvalue weighted by Crippen LogP contribution is -2.53. The molecular formula is C26H20BrNO2. The second kappa shape index (κ2) is 6.14. The largest absolute Gasteiger partial charge is 0.274 e. The predicted molar refractivity (Wildman–Crippen MR) is 119 cm³/mol. The molecule has 148 valence electrons. The van der Waals surface area contributed by atoms with Crippen molar-refractivity contribution in [1.82, 2.24) is 0 Å². The molecule has 0 radical (unpaired) electrons. The zero-order valence-electron chi connectivity index (χ0n) is 16.5. The summed E-state index contributed by atoms with van der Waals surface area (Å²) < 4.78 is 0.924. The summed E-state index contributed by atoms with van der Waals surface area (Å²) in [6.07, 6.45) is 0.780. The molecule has 4 aliphatic rings. The molecule has 0 spiro atoms. The van der Waals surface area contributed by atoms with Crippen molar-refractivity contribution in [3.05, 3.63) is 99.5 Å². The maximum atomic E-state index is 13.9. The van der Waals surface area contributed by atoms with E-state index in [1.54, 1.807) is 0 Å². The topological polar surface area (TPSA) is 37.4 Å². The Morgan fingerprint density at radius 2 is 1.40 bits per heavy atom. The number of benzene rings is 3. The number of carbonyl (C=O) groups is 2. The Hall–Kier alpha value is -2.72. The number of hydrogen-bond donors (Lipinski definition) is 0. The van der Waals surface area contributed by atoms with Crippen molar-refractivity contribution in [1.29, 1.82) is 0 Å². The van der Waals surface area contributed by atoms with Gasteiger partial charge in [0.1, 0.15) is 0 Å². The lowest BCUT2D eigenvalue weighted by Gasteiger charge is -2.54. The summed E-state index contributed by atoms with van der Waals surface area (Å²) in [6.45, 7) is 2.15. The van der Waals surface area contributed by atoms with E-state index in [4.69, 9.17) is 0 Å². The van der Waals surface area contributed by atoms with Gasteiger partial charge in [-0.1, -0.05) is 71.4 Å². The zero-order valence-corrected chi connectivity index (χ0v) is 18.1. The summed E-state index contributed by atoms with van der Waals surface area (Å²) in [4.78, 5) is 29.1. The van der Waals surface area contributed by atoms with Gasteiger partial charge in [0.2, 0.25) is 11.8 Å². The van der Waals surface area contributed by atoms with Crippen molar-refractivity contribution in [2.75, 3.05) is 4.90 Å². The Bertz CT molecular complexity index is 1170. The van der Waals surface area contributed by atoms with Gasteiger partial charge in [0.25, 0.3) is 0 Å². The SMILES string of the molecule is CCC12c3ccccc3C(c3ccccc31)[C@@H]1C(=O)N(c3ccc(Br)cc3)C(=O)[C@H]12. The fraction of sp³-hybridized carbons (Fsp3) is 0.231. The highest BCUT2D eigenvalue weighted by Gasteiger charge is 2.67. The third-order valence-corrected chi connectivity index (χ3v) is 7.97. The normalized spacial score (nSPS) is 28.3. The summed E-state index contributed by atoms with van der Waals surface area (Å²) in [5.41, 5.74) is 5.04. The first-order chi connectivity index (χ1) is 14.6. The molecule has 2 amide bonds. The highest BCUT2D eigenvalue weighted by molar-refractivity contribution is 9.10. The quantitative estimate of drug-likeness (QED) is 0.482. The van der Waals surface area contributed by atoms with Crippen LogP contribution in [0.5, 0.6) is 0 Å². The number of nitrogens with zero attached hydrogens (tertiary/aromatic N) is 1. The van der Waals surface area contributed by atoms with Crippen LogP contribution in [0.2, 0.25) is 0 Å². The minimum Gasteiger partial charge on any atom is -0.274 e. The molecule has 3 aromatic carbocycles. The first-order valence-electron chi connectivity index (χ1n) is 10.4. The van der Waals surface area contributed by atoms with Gasteiger partial charge in [0, 0.05) is 15.8 Å². The molecule has 0 saturated carbocycles. The van der Waals surface area contributed by atoms with Crippen LogP contribution >= 0.6 is 15.9 Å². The van der Waals surface area contributed by atoms with Gasteiger partial charge < -0.3 is 0 Å². The number of halogens is 1. The van der Waals surface area contributed by atoms with Gasteiger partial charge in [-0.2, -0.15) is 0 Å². The standard InChI is InChI=1S/C26H20BrNO2/c1-2-26-19-9-5-3-7-17(19)21(18-8-4-6-10-20(18)26)22-23(26)25(30)28(24(22)29)16-13-11-15(27)12-14-16/h3-14,21-23H,2H2,1H3/t21?,22-,23-,26?/m0/s1. The van der Waals surface area contributed by atoms with Crippen LogP contribution in [-0.2, 0) is 15.0 Å². The Kier molecular flexibility index (Phi) is 3.70. The van der Waals surface area contributed by atoms with Crippen LogP contribution in [0.15, 0.2) is 77.3 Å². The smallest absolute Gasteiger partial charge is 0.238 e. The van der Waals surface area contributed by atoms with E-state index < -0.39 is 5.41 Å². The molecule has 1 saturated heterocycles. The van der Waals surface area contributed by atoms with Gasteiger partial charge in [-0.25, -0.2) is 4.90 Å². The molecule has 3 aliphatic carbocycles. The molecule has 2 bridgehead atoms. The number of amides is 2. The lowest BCUT2D eigenvalue weighted by molar-refractivity contribution is -0.123. The van der Waals surface area contributed by atoms with E-state index in [1.165, 1.54) is 27.2 Å². The van der Waals surface area contributed by atoms with Crippen molar-refractivity contribution in [3.8, 4) is 0 Å². The first-order valence-corrected chi connectivity index (χ1v) is 11.2. The number of carbonyl (C=O) groups excluding carboxylic acids is 2. The van der Waals surface area contributed by atoms with Crippen LogP contribution in [0.4, 0.5) is 5.69 Å². The monoisotopic (exact) mass is 457 g/mol. The van der Waals surface area contributed by atoms with Crippen LogP contribution in [-0.4, -0.2) is 11.8 Å². The molecular weight excluding hydrogens is 438 g/mol. The van der Waals surface area contributed by atoms with E-state index in [0.717, 1.165) is 10.9 Å². The van der Waals surface area contributed by atoms with E-state index in [-0.39, 0.29) is 29.6 Å². The molecule has 30 heavy (non-hydrogen) atoms. The van der Waals surface area contributed by atoms with Crippen LogP contribution < -0.4 is 4.90 Å². The molecule has 0 N–H and O–H groups in total. The summed E-state index contributed by atoms with van der Waals surface area (Å²) >= 11 is 3.44. The van der Waals surface area contributed by atoms with Crippen molar-refractivity contribution in [2.45, 2.75) is 24.7 Å². The van der Waals surface area contributed by atoms with E-state index >= 15 is 0 Å². The van der Waals surface area contributed by atoms with Gasteiger partial charge >= 0.3 is 0 Å². The van der Waals surface area contributed by atoms with Crippen molar-refractivity contribution < 1.29 is 9.59 Å². The van der Waals surface area contributed by atoms with Gasteiger partial charge in [0.15, 0.2) is 0 Å². The second-order valence-electron chi connectivity index (χ2n) is 8.47. The molecule has 1 heterocycles. The molecule has 3 aromatic rings. The predicted octanol–water partition coefficient (Wildman–Crippen LogP) is 5.41. The summed E-state index contributed by atoms with van der Waals surface area (Å²) in [6, 6.07) is 24.3. The summed E-state index contributed by atoms with van der Waals surface area (Å²) in [7, 11) is 0. The van der Waals surface area contributed by atoms with Gasteiger partial charge in [-0.05, 0) is 52.9 Å². The number of rotatable bonds is 2. The Morgan fingerprint density at radius 1 is 0.833 bits per heavy atom. The maximum absolute atomic E-state index is 13.9. The van der Waals surface area contributed by atoms with Crippen molar-refractivity contribution in [2.24, 2.45) is 11.8 Å². The third-order valence-electron chi connectivity index (χ3n) is 7.44. The van der Waals surface area contributed by atoms with Gasteiger partial charge in [-0.15, -0.1) is 0 Å². The number of anilines is 1. The van der Waals surface area contributed by atoms with Crippen molar-refractivity contribution in [3.63, 3.8) is 0 Å². The van der Waals surface area contributed by atoms with Gasteiger partial charge in [-0.3, -0.25) is 9.59 Å². The molecule has 0 unspecified atom stereocenters. The highest BCUT2D eigenvalue weighted by atomic mass is 79.9. The molecule has 3 nitrogen and oxygen atoms in total. The minimum absolute atomic E-state index is 0.0665. The Labute approximate surface area is 183 Å². The molecule has 1 fully saturated rings. The molecule has 2 atom stereocenters. The number of hydrogen-bond acceptors (Lipinski definition) is 2. The van der Waals surface area contributed by atoms with Crippen LogP contribution in [0.3, 0.4) is 0 Å². The van der Waals surface area contributed by atoms with E-state index in [9.17, 15) is 9.59 Å². The summed E-state index contributed by atoms with van der Waals surface area (Å²) in [5.74, 6) is -0.936. The second-order valence-corrected chi connectivity index (χ2v) is 9.38. The Morgan fingerprint density at radius 3 is 1.97 bits per heavy atom. The van der Waals surface area contributed by atoms with Crippen LogP contribution in [0.25, 0.3) is 0 Å². The highest BCUT2D eigenvalue weighted by Crippen LogP contribution is 2.65. The first kappa shape index (κ1) is 18.1. The molecule has 4 heteroatoms. The fourth-order valence-corrected chi connectivity index (χ4v) is 6.64. The van der Waals surface area contributed by atoms with Crippen LogP contribution in [0, 0.1) is 11.8 Å². The fourth-order valence-electron chi connectivity index (χ4n) is 6.37. The van der Waals surface area contributed by atoms with Crippen molar-refractivity contribution >= 4 is 33.4 Å². The average Bonchev–Trinajstić information content (AvgIpc) is 3.05. The summed E-state index contributed by atoms with van der Waals surface area (Å²) in [5, 5.41) is 0. The molecule has 0 aromatic heterocycles. The lowest BCUT2D eigenvalue weighted by atomic mass is 9.46. The molecule has 1 aliphatic heterocycles. The average molecular weight is 458 g/mol.